The van der Waals surface area contributed by atoms with Crippen molar-refractivity contribution < 1.29 is 4.52 Å². The molecular formula is C13H20N6O. The zero-order chi connectivity index (χ0) is 13.8. The number of hydrogen-bond acceptors (Lipinski definition) is 6. The molecule has 108 valence electrons. The molecule has 1 aliphatic rings. The molecule has 0 bridgehead atoms. The summed E-state index contributed by atoms with van der Waals surface area (Å²) in [6, 6.07) is 0.467. The molecule has 0 radical (unpaired) electrons. The van der Waals surface area contributed by atoms with Crippen LogP contribution in [-0.4, -0.2) is 42.6 Å². The van der Waals surface area contributed by atoms with Crippen molar-refractivity contribution in [2.75, 3.05) is 6.54 Å². The van der Waals surface area contributed by atoms with E-state index in [4.69, 9.17) is 4.52 Å². The second-order valence-electron chi connectivity index (χ2n) is 5.20. The Kier molecular flexibility index (Phi) is 4.05. The van der Waals surface area contributed by atoms with Gasteiger partial charge in [-0.05, 0) is 19.4 Å². The van der Waals surface area contributed by atoms with Crippen LogP contribution in [0, 0.1) is 0 Å². The van der Waals surface area contributed by atoms with Gasteiger partial charge in [-0.25, -0.2) is 0 Å². The van der Waals surface area contributed by atoms with E-state index < -0.39 is 0 Å². The Bertz CT molecular complexity index is 523. The molecule has 1 aliphatic heterocycles. The van der Waals surface area contributed by atoms with E-state index in [0.29, 0.717) is 11.9 Å². The van der Waals surface area contributed by atoms with Crippen molar-refractivity contribution in [3.05, 3.63) is 24.1 Å². The SMILES string of the molecule is CCc1nc(CN2CCCC[C@@H]2Cn2ccnn2)no1. The maximum absolute atomic E-state index is 5.18. The van der Waals surface area contributed by atoms with Gasteiger partial charge in [-0.15, -0.1) is 5.10 Å². The van der Waals surface area contributed by atoms with Gasteiger partial charge in [0.05, 0.1) is 19.3 Å². The second-order valence-corrected chi connectivity index (χ2v) is 5.20. The minimum absolute atomic E-state index is 0.467. The number of aromatic nitrogens is 5. The summed E-state index contributed by atoms with van der Waals surface area (Å²) in [7, 11) is 0. The summed E-state index contributed by atoms with van der Waals surface area (Å²) < 4.78 is 7.08. The average Bonchev–Trinajstić information content (AvgIpc) is 3.12. The predicted octanol–water partition coefficient (Wildman–Crippen LogP) is 1.28. The van der Waals surface area contributed by atoms with Crippen LogP contribution in [0.15, 0.2) is 16.9 Å². The Labute approximate surface area is 118 Å². The minimum Gasteiger partial charge on any atom is -0.339 e. The van der Waals surface area contributed by atoms with Gasteiger partial charge in [0.2, 0.25) is 5.89 Å². The Morgan fingerprint density at radius 3 is 3.10 bits per heavy atom. The van der Waals surface area contributed by atoms with Crippen LogP contribution >= 0.6 is 0 Å². The first-order valence-corrected chi connectivity index (χ1v) is 7.24. The van der Waals surface area contributed by atoms with Gasteiger partial charge in [0.15, 0.2) is 5.82 Å². The number of rotatable bonds is 5. The van der Waals surface area contributed by atoms with Crippen molar-refractivity contribution in [2.45, 2.75) is 51.7 Å². The third-order valence-electron chi connectivity index (χ3n) is 3.78. The highest BCUT2D eigenvalue weighted by atomic mass is 16.5. The number of likely N-dealkylation sites (tertiary alicyclic amines) is 1. The molecule has 1 atom stereocenters. The summed E-state index contributed by atoms with van der Waals surface area (Å²) in [5.41, 5.74) is 0. The highest BCUT2D eigenvalue weighted by Crippen LogP contribution is 2.20. The molecule has 3 rings (SSSR count). The summed E-state index contributed by atoms with van der Waals surface area (Å²) in [4.78, 5) is 6.83. The molecular weight excluding hydrogens is 256 g/mol. The lowest BCUT2D eigenvalue weighted by Gasteiger charge is -2.34. The van der Waals surface area contributed by atoms with Crippen molar-refractivity contribution in [1.29, 1.82) is 0 Å². The summed E-state index contributed by atoms with van der Waals surface area (Å²) in [6.45, 7) is 4.72. The average molecular weight is 276 g/mol. The van der Waals surface area contributed by atoms with Gasteiger partial charge in [-0.1, -0.05) is 23.7 Å². The highest BCUT2D eigenvalue weighted by Gasteiger charge is 2.24. The van der Waals surface area contributed by atoms with Gasteiger partial charge in [-0.3, -0.25) is 9.58 Å². The van der Waals surface area contributed by atoms with E-state index in [1.54, 1.807) is 6.20 Å². The van der Waals surface area contributed by atoms with E-state index in [9.17, 15) is 0 Å². The number of piperidine rings is 1. The molecule has 0 spiro atoms. The fourth-order valence-electron chi connectivity index (χ4n) is 2.70. The first kappa shape index (κ1) is 13.2. The zero-order valence-corrected chi connectivity index (χ0v) is 11.8. The van der Waals surface area contributed by atoms with Crippen LogP contribution in [-0.2, 0) is 19.5 Å². The van der Waals surface area contributed by atoms with Gasteiger partial charge in [-0.2, -0.15) is 4.98 Å². The first-order valence-electron chi connectivity index (χ1n) is 7.24. The van der Waals surface area contributed by atoms with Crippen molar-refractivity contribution in [3.8, 4) is 0 Å². The van der Waals surface area contributed by atoms with Gasteiger partial charge < -0.3 is 4.52 Å². The normalized spacial score (nSPS) is 20.4. The standard InChI is InChI=1S/C13H20N6O/c1-2-13-15-12(16-20-13)10-18-7-4-3-5-11(18)9-19-8-6-14-17-19/h6,8,11H,2-5,7,9-10H2,1H3/t11-/m1/s1. The van der Waals surface area contributed by atoms with Crippen molar-refractivity contribution in [2.24, 2.45) is 0 Å². The van der Waals surface area contributed by atoms with E-state index >= 15 is 0 Å². The Morgan fingerprint density at radius 2 is 2.35 bits per heavy atom. The van der Waals surface area contributed by atoms with Crippen molar-refractivity contribution in [1.82, 2.24) is 30.0 Å². The van der Waals surface area contributed by atoms with Crippen LogP contribution in [0.1, 0.15) is 37.9 Å². The van der Waals surface area contributed by atoms with Crippen molar-refractivity contribution >= 4 is 0 Å². The molecule has 0 aromatic carbocycles. The predicted molar refractivity (Wildman–Crippen MR) is 71.7 cm³/mol. The molecule has 0 unspecified atom stereocenters. The maximum atomic E-state index is 5.18. The molecule has 0 aliphatic carbocycles. The summed E-state index contributed by atoms with van der Waals surface area (Å²) in [5.74, 6) is 1.50. The third-order valence-corrected chi connectivity index (χ3v) is 3.78. The van der Waals surface area contributed by atoms with E-state index in [-0.39, 0.29) is 0 Å². The molecule has 0 N–H and O–H groups in total. The second kappa shape index (κ2) is 6.13. The van der Waals surface area contributed by atoms with Crippen LogP contribution < -0.4 is 0 Å². The molecule has 2 aromatic heterocycles. The lowest BCUT2D eigenvalue weighted by Crippen LogP contribution is -2.41. The highest BCUT2D eigenvalue weighted by molar-refractivity contribution is 4.88. The van der Waals surface area contributed by atoms with Crippen LogP contribution in [0.2, 0.25) is 0 Å². The van der Waals surface area contributed by atoms with Crippen LogP contribution in [0.25, 0.3) is 0 Å². The summed E-state index contributed by atoms with van der Waals surface area (Å²) in [6.07, 6.45) is 8.10. The lowest BCUT2D eigenvalue weighted by atomic mass is 10.0. The fourth-order valence-corrected chi connectivity index (χ4v) is 2.70. The lowest BCUT2D eigenvalue weighted by molar-refractivity contribution is 0.117. The van der Waals surface area contributed by atoms with Gasteiger partial charge in [0, 0.05) is 18.7 Å². The molecule has 7 heteroatoms. The van der Waals surface area contributed by atoms with Gasteiger partial charge >= 0.3 is 0 Å². The van der Waals surface area contributed by atoms with E-state index in [1.807, 2.05) is 17.8 Å². The van der Waals surface area contributed by atoms with E-state index in [2.05, 4.69) is 25.4 Å². The molecule has 0 saturated carbocycles. The monoisotopic (exact) mass is 276 g/mol. The fraction of sp³-hybridized carbons (Fsp3) is 0.692. The largest absolute Gasteiger partial charge is 0.339 e. The smallest absolute Gasteiger partial charge is 0.226 e. The Balaban J connectivity index is 1.65. The van der Waals surface area contributed by atoms with Crippen molar-refractivity contribution in [3.63, 3.8) is 0 Å². The molecule has 2 aromatic rings. The molecule has 1 fully saturated rings. The molecule has 0 amide bonds. The van der Waals surface area contributed by atoms with Crippen LogP contribution in [0.3, 0.4) is 0 Å². The molecule has 3 heterocycles. The summed E-state index contributed by atoms with van der Waals surface area (Å²) >= 11 is 0. The zero-order valence-electron chi connectivity index (χ0n) is 11.8. The topological polar surface area (TPSA) is 72.9 Å². The van der Waals surface area contributed by atoms with E-state index in [0.717, 1.165) is 31.9 Å². The Morgan fingerprint density at radius 1 is 1.40 bits per heavy atom. The molecule has 1 saturated heterocycles. The maximum Gasteiger partial charge on any atom is 0.226 e. The number of nitrogens with zero attached hydrogens (tertiary/aromatic N) is 6. The number of aryl methyl sites for hydroxylation is 1. The number of hydrogen-bond donors (Lipinski definition) is 0. The summed E-state index contributed by atoms with van der Waals surface area (Å²) in [5, 5.41) is 12.0. The van der Waals surface area contributed by atoms with Gasteiger partial charge in [0.25, 0.3) is 0 Å². The molecule has 7 nitrogen and oxygen atoms in total. The van der Waals surface area contributed by atoms with Gasteiger partial charge in [0.1, 0.15) is 0 Å². The quantitative estimate of drug-likeness (QED) is 0.819. The van der Waals surface area contributed by atoms with Crippen LogP contribution in [0.4, 0.5) is 0 Å². The molecule has 20 heavy (non-hydrogen) atoms. The third kappa shape index (κ3) is 3.04. The first-order chi connectivity index (χ1) is 9.85. The van der Waals surface area contributed by atoms with Crippen LogP contribution in [0.5, 0.6) is 0 Å². The minimum atomic E-state index is 0.467. The van der Waals surface area contributed by atoms with E-state index in [1.165, 1.54) is 19.3 Å². The Hall–Kier alpha value is -1.76.